The van der Waals surface area contributed by atoms with Gasteiger partial charge in [0.25, 0.3) is 0 Å². The van der Waals surface area contributed by atoms with E-state index in [9.17, 15) is 0 Å². The van der Waals surface area contributed by atoms with Gasteiger partial charge in [-0.15, -0.1) is 0 Å². The highest BCUT2D eigenvalue weighted by atomic mass is 15.4. The number of anilines is 3. The number of aryl methyl sites for hydroxylation is 2. The Morgan fingerprint density at radius 2 is 0.909 bits per heavy atom. The van der Waals surface area contributed by atoms with Gasteiger partial charge in [0, 0.05) is 39.0 Å². The number of fused-ring (bicyclic) bond motifs is 1. The molecule has 44 heavy (non-hydrogen) atoms. The molecule has 0 aliphatic rings. The van der Waals surface area contributed by atoms with Gasteiger partial charge < -0.3 is 4.90 Å². The van der Waals surface area contributed by atoms with Crippen molar-refractivity contribution in [3.8, 4) is 22.5 Å². The van der Waals surface area contributed by atoms with Crippen LogP contribution >= 0.6 is 0 Å². The number of hydrogen-bond acceptors (Lipinski definition) is 2. The number of rotatable bonds is 7. The zero-order valence-electron chi connectivity index (χ0n) is 24.9. The van der Waals surface area contributed by atoms with Crippen LogP contribution in [-0.4, -0.2) is 10.9 Å². The van der Waals surface area contributed by atoms with Crippen LogP contribution in [-0.2, 0) is 0 Å². The maximum atomic E-state index is 5.16. The van der Waals surface area contributed by atoms with E-state index in [1.165, 1.54) is 33.3 Å². The van der Waals surface area contributed by atoms with Gasteiger partial charge in [-0.05, 0) is 54.8 Å². The Bertz CT molecular complexity index is 1950. The Morgan fingerprint density at radius 3 is 1.39 bits per heavy atom. The molecule has 0 N–H and O–H groups in total. The van der Waals surface area contributed by atoms with Gasteiger partial charge >= 0.3 is 0 Å². The van der Waals surface area contributed by atoms with E-state index in [0.717, 1.165) is 33.8 Å². The van der Waals surface area contributed by atoms with E-state index in [1.807, 2.05) is 6.21 Å². The summed E-state index contributed by atoms with van der Waals surface area (Å²) < 4.78 is 2.11. The monoisotopic (exact) mass is 567 g/mol. The van der Waals surface area contributed by atoms with E-state index in [2.05, 4.69) is 181 Å². The van der Waals surface area contributed by atoms with Crippen molar-refractivity contribution in [2.45, 2.75) is 13.8 Å². The predicted molar refractivity (Wildman–Crippen MR) is 186 cm³/mol. The molecule has 3 heteroatoms. The number of aromatic nitrogens is 1. The van der Waals surface area contributed by atoms with E-state index in [4.69, 9.17) is 5.10 Å². The third kappa shape index (κ3) is 5.10. The highest BCUT2D eigenvalue weighted by Crippen LogP contribution is 2.40. The van der Waals surface area contributed by atoms with Crippen molar-refractivity contribution < 1.29 is 0 Å². The molecule has 0 spiro atoms. The van der Waals surface area contributed by atoms with E-state index in [0.29, 0.717) is 0 Å². The van der Waals surface area contributed by atoms with Crippen LogP contribution in [0.25, 0.3) is 33.3 Å². The minimum Gasteiger partial charge on any atom is -0.310 e. The van der Waals surface area contributed by atoms with Gasteiger partial charge in [0.05, 0.1) is 17.6 Å². The summed E-state index contributed by atoms with van der Waals surface area (Å²) in [5.74, 6) is 0. The molecular formula is C41H33N3. The molecule has 0 saturated heterocycles. The molecule has 0 aliphatic carbocycles. The molecule has 0 aliphatic heterocycles. The van der Waals surface area contributed by atoms with Gasteiger partial charge in [0.1, 0.15) is 0 Å². The third-order valence-corrected chi connectivity index (χ3v) is 8.14. The number of benzene rings is 6. The largest absolute Gasteiger partial charge is 0.310 e. The summed E-state index contributed by atoms with van der Waals surface area (Å²) in [7, 11) is 0. The summed E-state index contributed by atoms with van der Waals surface area (Å²) in [6.07, 6.45) is 1.97. The molecular weight excluding hydrogens is 534 g/mol. The van der Waals surface area contributed by atoms with Crippen molar-refractivity contribution in [1.29, 1.82) is 0 Å². The molecule has 7 rings (SSSR count). The second-order valence-electron chi connectivity index (χ2n) is 11.0. The molecule has 1 heterocycles. The molecule has 0 fully saturated rings. The molecule has 0 unspecified atom stereocenters. The van der Waals surface area contributed by atoms with Gasteiger partial charge in [0.2, 0.25) is 0 Å². The lowest BCUT2D eigenvalue weighted by Gasteiger charge is -2.28. The van der Waals surface area contributed by atoms with Crippen LogP contribution in [0.15, 0.2) is 163 Å². The Hall–Kier alpha value is -5.67. The summed E-state index contributed by atoms with van der Waals surface area (Å²) in [6.45, 7) is 4.33. The fraction of sp³-hybridized carbons (Fsp3) is 0.0488. The average molecular weight is 568 g/mol. The van der Waals surface area contributed by atoms with Crippen molar-refractivity contribution in [2.24, 2.45) is 5.10 Å². The van der Waals surface area contributed by atoms with Crippen molar-refractivity contribution in [2.75, 3.05) is 4.90 Å². The topological polar surface area (TPSA) is 20.5 Å². The highest BCUT2D eigenvalue weighted by Gasteiger charge is 2.19. The molecule has 3 nitrogen and oxygen atoms in total. The molecule has 0 saturated carbocycles. The first kappa shape index (κ1) is 27.2. The van der Waals surface area contributed by atoms with E-state index < -0.39 is 0 Å². The third-order valence-electron chi connectivity index (χ3n) is 8.14. The quantitative estimate of drug-likeness (QED) is 0.175. The van der Waals surface area contributed by atoms with E-state index >= 15 is 0 Å². The van der Waals surface area contributed by atoms with Crippen molar-refractivity contribution in [3.05, 3.63) is 174 Å². The summed E-state index contributed by atoms with van der Waals surface area (Å²) in [6, 6.07) is 55.4. The SMILES string of the molecule is Cc1ccccc1N(c1ccc(C=Nn2c(-c3ccccc3)c3ccccc3c2-c2ccccc2)cc1)c1ccccc1C. The lowest BCUT2D eigenvalue weighted by atomic mass is 10.0. The summed E-state index contributed by atoms with van der Waals surface area (Å²) in [4.78, 5) is 2.34. The van der Waals surface area contributed by atoms with Crippen LogP contribution in [0.2, 0.25) is 0 Å². The zero-order chi connectivity index (χ0) is 29.9. The zero-order valence-corrected chi connectivity index (χ0v) is 24.9. The van der Waals surface area contributed by atoms with Crippen LogP contribution in [0.4, 0.5) is 17.1 Å². The summed E-state index contributed by atoms with van der Waals surface area (Å²) in [5, 5.41) is 7.52. The van der Waals surface area contributed by atoms with Gasteiger partial charge in [0.15, 0.2) is 0 Å². The summed E-state index contributed by atoms with van der Waals surface area (Å²) >= 11 is 0. The van der Waals surface area contributed by atoms with Crippen LogP contribution < -0.4 is 4.90 Å². The first-order chi connectivity index (χ1) is 21.7. The van der Waals surface area contributed by atoms with Gasteiger partial charge in [-0.1, -0.05) is 133 Å². The smallest absolute Gasteiger partial charge is 0.0804 e. The first-order valence-corrected chi connectivity index (χ1v) is 15.0. The second kappa shape index (κ2) is 11.9. The number of nitrogens with zero attached hydrogens (tertiary/aromatic N) is 3. The van der Waals surface area contributed by atoms with Crippen LogP contribution in [0.1, 0.15) is 16.7 Å². The highest BCUT2D eigenvalue weighted by molar-refractivity contribution is 6.05. The molecule has 7 aromatic rings. The van der Waals surface area contributed by atoms with Crippen molar-refractivity contribution >= 4 is 34.0 Å². The standard InChI is InChI=1S/C41H33N3/c1-30-15-9-13-23-38(30)43(39-24-14-10-16-31(39)2)35-27-25-32(26-28-35)29-42-44-40(33-17-5-3-6-18-33)36-21-11-12-22-37(36)41(44)34-19-7-4-8-20-34/h3-29H,1-2H3. The molecule has 0 radical (unpaired) electrons. The number of hydrogen-bond donors (Lipinski definition) is 0. The minimum absolute atomic E-state index is 1.03. The van der Waals surface area contributed by atoms with Crippen molar-refractivity contribution in [1.82, 2.24) is 4.68 Å². The minimum atomic E-state index is 1.03. The lowest BCUT2D eigenvalue weighted by Crippen LogP contribution is -2.12. The van der Waals surface area contributed by atoms with Gasteiger partial charge in [-0.3, -0.25) is 0 Å². The molecule has 0 atom stereocenters. The Morgan fingerprint density at radius 1 is 0.477 bits per heavy atom. The first-order valence-electron chi connectivity index (χ1n) is 15.0. The van der Waals surface area contributed by atoms with Crippen molar-refractivity contribution in [3.63, 3.8) is 0 Å². The molecule has 0 bridgehead atoms. The van der Waals surface area contributed by atoms with Gasteiger partial charge in [-0.2, -0.15) is 5.10 Å². The molecule has 212 valence electrons. The van der Waals surface area contributed by atoms with Gasteiger partial charge in [-0.25, -0.2) is 4.68 Å². The van der Waals surface area contributed by atoms with Crippen LogP contribution in [0, 0.1) is 13.8 Å². The predicted octanol–water partition coefficient (Wildman–Crippen LogP) is 10.9. The number of para-hydroxylation sites is 2. The maximum Gasteiger partial charge on any atom is 0.0804 e. The fourth-order valence-electron chi connectivity index (χ4n) is 5.97. The maximum absolute atomic E-state index is 5.16. The second-order valence-corrected chi connectivity index (χ2v) is 11.0. The summed E-state index contributed by atoms with van der Waals surface area (Å²) in [5.41, 5.74) is 11.3. The Kier molecular flexibility index (Phi) is 7.35. The Balaban J connectivity index is 1.34. The normalized spacial score (nSPS) is 11.3. The van der Waals surface area contributed by atoms with E-state index in [-0.39, 0.29) is 0 Å². The lowest BCUT2D eigenvalue weighted by molar-refractivity contribution is 0.917. The molecule has 0 amide bonds. The van der Waals surface area contributed by atoms with E-state index in [1.54, 1.807) is 0 Å². The average Bonchev–Trinajstić information content (AvgIpc) is 3.41. The molecule has 1 aromatic heterocycles. The fourth-order valence-corrected chi connectivity index (χ4v) is 5.97. The van der Waals surface area contributed by atoms with Crippen LogP contribution in [0.5, 0.6) is 0 Å². The Labute approximate surface area is 259 Å². The molecule has 6 aromatic carbocycles. The van der Waals surface area contributed by atoms with Crippen LogP contribution in [0.3, 0.4) is 0 Å².